The van der Waals surface area contributed by atoms with Gasteiger partial charge >= 0.3 is 0 Å². The van der Waals surface area contributed by atoms with Crippen molar-refractivity contribution in [2.24, 2.45) is 0 Å². The SMILES string of the molecule is CC(CN1CCCC1)NS(=O)(=O)c1ccc(CO)cc1. The number of rotatable bonds is 6. The molecule has 0 saturated carbocycles. The van der Waals surface area contributed by atoms with Crippen molar-refractivity contribution in [3.8, 4) is 0 Å². The third-order valence-corrected chi connectivity index (χ3v) is 5.11. The lowest BCUT2D eigenvalue weighted by molar-refractivity contribution is 0.281. The number of sulfonamides is 1. The highest BCUT2D eigenvalue weighted by atomic mass is 32.2. The summed E-state index contributed by atoms with van der Waals surface area (Å²) < 4.78 is 27.2. The first kappa shape index (κ1) is 15.4. The van der Waals surface area contributed by atoms with E-state index in [1.54, 1.807) is 12.1 Å². The minimum absolute atomic E-state index is 0.0842. The zero-order valence-electron chi connectivity index (χ0n) is 11.7. The van der Waals surface area contributed by atoms with Gasteiger partial charge in [0.15, 0.2) is 0 Å². The van der Waals surface area contributed by atoms with Crippen molar-refractivity contribution in [3.63, 3.8) is 0 Å². The molecule has 1 unspecified atom stereocenters. The lowest BCUT2D eigenvalue weighted by Gasteiger charge is -2.21. The van der Waals surface area contributed by atoms with Crippen LogP contribution in [0.25, 0.3) is 0 Å². The highest BCUT2D eigenvalue weighted by molar-refractivity contribution is 7.89. The number of benzene rings is 1. The largest absolute Gasteiger partial charge is 0.392 e. The van der Waals surface area contributed by atoms with Crippen molar-refractivity contribution in [2.75, 3.05) is 19.6 Å². The van der Waals surface area contributed by atoms with Gasteiger partial charge in [-0.05, 0) is 50.6 Å². The highest BCUT2D eigenvalue weighted by Crippen LogP contribution is 2.12. The smallest absolute Gasteiger partial charge is 0.240 e. The van der Waals surface area contributed by atoms with Crippen LogP contribution in [0, 0.1) is 0 Å². The number of likely N-dealkylation sites (tertiary alicyclic amines) is 1. The van der Waals surface area contributed by atoms with E-state index in [0.29, 0.717) is 5.56 Å². The van der Waals surface area contributed by atoms with Crippen LogP contribution in [0.15, 0.2) is 29.2 Å². The van der Waals surface area contributed by atoms with Crippen LogP contribution >= 0.6 is 0 Å². The molecule has 112 valence electrons. The molecule has 20 heavy (non-hydrogen) atoms. The molecule has 1 atom stereocenters. The fourth-order valence-electron chi connectivity index (χ4n) is 2.50. The molecule has 0 bridgehead atoms. The first-order chi connectivity index (χ1) is 9.51. The van der Waals surface area contributed by atoms with Crippen LogP contribution in [0.2, 0.25) is 0 Å². The summed E-state index contributed by atoms with van der Waals surface area (Å²) in [4.78, 5) is 2.52. The Morgan fingerprint density at radius 2 is 1.85 bits per heavy atom. The van der Waals surface area contributed by atoms with Gasteiger partial charge in [0, 0.05) is 12.6 Å². The average Bonchev–Trinajstić information content (AvgIpc) is 2.91. The fourth-order valence-corrected chi connectivity index (χ4v) is 3.73. The Morgan fingerprint density at radius 1 is 1.25 bits per heavy atom. The Kier molecular flexibility index (Phi) is 5.15. The summed E-state index contributed by atoms with van der Waals surface area (Å²) in [6.07, 6.45) is 2.39. The fraction of sp³-hybridized carbons (Fsp3) is 0.571. The summed E-state index contributed by atoms with van der Waals surface area (Å²) in [7, 11) is -3.48. The third kappa shape index (κ3) is 4.02. The molecule has 2 N–H and O–H groups in total. The van der Waals surface area contributed by atoms with Gasteiger partial charge in [-0.15, -0.1) is 0 Å². The maximum Gasteiger partial charge on any atom is 0.240 e. The van der Waals surface area contributed by atoms with Gasteiger partial charge < -0.3 is 10.0 Å². The quantitative estimate of drug-likeness (QED) is 0.820. The molecule has 0 aliphatic carbocycles. The van der Waals surface area contributed by atoms with Crippen LogP contribution in [-0.4, -0.2) is 44.1 Å². The minimum Gasteiger partial charge on any atom is -0.392 e. The van der Waals surface area contributed by atoms with Crippen LogP contribution in [-0.2, 0) is 16.6 Å². The number of hydrogen-bond acceptors (Lipinski definition) is 4. The van der Waals surface area contributed by atoms with E-state index in [9.17, 15) is 8.42 Å². The highest BCUT2D eigenvalue weighted by Gasteiger charge is 2.20. The number of hydrogen-bond donors (Lipinski definition) is 2. The van der Waals surface area contributed by atoms with Crippen molar-refractivity contribution < 1.29 is 13.5 Å². The maximum absolute atomic E-state index is 12.2. The second-order valence-corrected chi connectivity index (χ2v) is 7.05. The number of aliphatic hydroxyl groups is 1. The number of aliphatic hydroxyl groups excluding tert-OH is 1. The van der Waals surface area contributed by atoms with Gasteiger partial charge in [-0.3, -0.25) is 0 Å². The molecule has 1 heterocycles. The molecule has 0 aromatic heterocycles. The lowest BCUT2D eigenvalue weighted by atomic mass is 10.2. The maximum atomic E-state index is 12.2. The van der Waals surface area contributed by atoms with Crippen LogP contribution in [0.4, 0.5) is 0 Å². The van der Waals surface area contributed by atoms with Gasteiger partial charge in [-0.1, -0.05) is 12.1 Å². The number of nitrogens with one attached hydrogen (secondary N) is 1. The van der Waals surface area contributed by atoms with E-state index in [0.717, 1.165) is 19.6 Å². The molecule has 1 aromatic carbocycles. The number of nitrogens with zero attached hydrogens (tertiary/aromatic N) is 1. The molecule has 1 aliphatic rings. The normalized spacial score (nSPS) is 18.3. The van der Waals surface area contributed by atoms with Crippen molar-refractivity contribution in [3.05, 3.63) is 29.8 Å². The van der Waals surface area contributed by atoms with Crippen molar-refractivity contribution in [1.29, 1.82) is 0 Å². The van der Waals surface area contributed by atoms with E-state index in [1.165, 1.54) is 25.0 Å². The first-order valence-corrected chi connectivity index (χ1v) is 8.44. The molecular weight excluding hydrogens is 276 g/mol. The molecule has 2 rings (SSSR count). The summed E-state index contributed by atoms with van der Waals surface area (Å²) in [6, 6.07) is 6.18. The summed E-state index contributed by atoms with van der Waals surface area (Å²) in [5.41, 5.74) is 0.703. The molecule has 6 heteroatoms. The Bertz CT molecular complexity index is 522. The van der Waals surface area contributed by atoms with Crippen LogP contribution in [0.3, 0.4) is 0 Å². The monoisotopic (exact) mass is 298 g/mol. The van der Waals surface area contributed by atoms with Crippen LogP contribution in [0.5, 0.6) is 0 Å². The molecule has 1 saturated heterocycles. The minimum atomic E-state index is -3.48. The standard InChI is InChI=1S/C14H22N2O3S/c1-12(10-16-8-2-3-9-16)15-20(18,19)14-6-4-13(11-17)5-7-14/h4-7,12,15,17H,2-3,8-11H2,1H3. The molecule has 0 amide bonds. The lowest BCUT2D eigenvalue weighted by Crippen LogP contribution is -2.41. The van der Waals surface area contributed by atoms with Crippen molar-refractivity contribution >= 4 is 10.0 Å². The summed E-state index contributed by atoms with van der Waals surface area (Å²) in [5, 5.41) is 8.97. The Morgan fingerprint density at radius 3 is 2.40 bits per heavy atom. The van der Waals surface area contributed by atoms with E-state index in [1.807, 2.05) is 6.92 Å². The summed E-state index contributed by atoms with van der Waals surface area (Å²) in [5.74, 6) is 0. The molecule has 1 aliphatic heterocycles. The Labute approximate surface area is 120 Å². The van der Waals surface area contributed by atoms with E-state index >= 15 is 0 Å². The Balaban J connectivity index is 1.98. The van der Waals surface area contributed by atoms with Crippen molar-refractivity contribution in [2.45, 2.75) is 37.3 Å². The van der Waals surface area contributed by atoms with Gasteiger partial charge in [0.1, 0.15) is 0 Å². The van der Waals surface area contributed by atoms with Crippen molar-refractivity contribution in [1.82, 2.24) is 9.62 Å². The zero-order chi connectivity index (χ0) is 14.6. The molecule has 1 fully saturated rings. The summed E-state index contributed by atoms with van der Waals surface area (Å²) in [6.45, 7) is 4.65. The van der Waals surface area contributed by atoms with Gasteiger partial charge in [-0.25, -0.2) is 13.1 Å². The van der Waals surface area contributed by atoms with E-state index in [-0.39, 0.29) is 17.5 Å². The van der Waals surface area contributed by atoms with Crippen LogP contribution < -0.4 is 4.72 Å². The van der Waals surface area contributed by atoms with E-state index in [2.05, 4.69) is 9.62 Å². The molecule has 1 aromatic rings. The topological polar surface area (TPSA) is 69.6 Å². The second-order valence-electron chi connectivity index (χ2n) is 5.33. The van der Waals surface area contributed by atoms with Gasteiger partial charge in [0.05, 0.1) is 11.5 Å². The second kappa shape index (κ2) is 6.67. The van der Waals surface area contributed by atoms with E-state index < -0.39 is 10.0 Å². The zero-order valence-corrected chi connectivity index (χ0v) is 12.6. The predicted octanol–water partition coefficient (Wildman–Crippen LogP) is 0.941. The van der Waals surface area contributed by atoms with E-state index in [4.69, 9.17) is 5.11 Å². The Hall–Kier alpha value is -0.950. The molecular formula is C14H22N2O3S. The molecule has 5 nitrogen and oxygen atoms in total. The predicted molar refractivity (Wildman–Crippen MR) is 77.8 cm³/mol. The average molecular weight is 298 g/mol. The van der Waals surface area contributed by atoms with Gasteiger partial charge in [0.25, 0.3) is 0 Å². The van der Waals surface area contributed by atoms with Crippen LogP contribution in [0.1, 0.15) is 25.3 Å². The summed E-state index contributed by atoms with van der Waals surface area (Å²) >= 11 is 0. The molecule has 0 spiro atoms. The third-order valence-electron chi connectivity index (χ3n) is 3.50. The molecule has 0 radical (unpaired) electrons. The first-order valence-electron chi connectivity index (χ1n) is 6.96. The van der Waals surface area contributed by atoms with Gasteiger partial charge in [0.2, 0.25) is 10.0 Å². The van der Waals surface area contributed by atoms with Gasteiger partial charge in [-0.2, -0.15) is 0 Å².